The maximum Gasteiger partial charge on any atom is 0.0593 e. The molecule has 2 nitrogen and oxygen atoms in total. The van der Waals surface area contributed by atoms with Crippen molar-refractivity contribution < 1.29 is 4.74 Å². The van der Waals surface area contributed by atoms with E-state index >= 15 is 0 Å². The first-order valence-electron chi connectivity index (χ1n) is 5.69. The molecule has 2 fully saturated rings. The Labute approximate surface area is 80.8 Å². The molecular weight excluding hydrogens is 162 g/mol. The second kappa shape index (κ2) is 3.97. The molecule has 0 bridgehead atoms. The molecule has 1 saturated carbocycles. The lowest BCUT2D eigenvalue weighted by molar-refractivity contribution is 0.0743. The molecule has 0 aromatic carbocycles. The molecule has 1 atom stereocenters. The second-order valence-electron chi connectivity index (χ2n) is 4.76. The van der Waals surface area contributed by atoms with Crippen molar-refractivity contribution in [2.45, 2.75) is 63.0 Å². The van der Waals surface area contributed by atoms with Gasteiger partial charge in [-0.2, -0.15) is 0 Å². The first kappa shape index (κ1) is 9.47. The monoisotopic (exact) mass is 183 g/mol. The van der Waals surface area contributed by atoms with Crippen LogP contribution in [0.15, 0.2) is 0 Å². The average Bonchev–Trinajstić information content (AvgIpc) is 2.57. The largest absolute Gasteiger partial charge is 0.378 e. The van der Waals surface area contributed by atoms with Crippen molar-refractivity contribution in [1.29, 1.82) is 0 Å². The van der Waals surface area contributed by atoms with Crippen molar-refractivity contribution in [3.05, 3.63) is 0 Å². The van der Waals surface area contributed by atoms with Crippen LogP contribution in [0, 0.1) is 0 Å². The van der Waals surface area contributed by atoms with Crippen molar-refractivity contribution in [1.82, 2.24) is 0 Å². The fourth-order valence-corrected chi connectivity index (χ4v) is 2.72. The lowest BCUT2D eigenvalue weighted by atomic mass is 9.78. The Hall–Kier alpha value is -0.0800. The predicted molar refractivity (Wildman–Crippen MR) is 53.6 cm³/mol. The SMILES string of the molecule is NC1(CC2CCCO2)CCCCC1. The third kappa shape index (κ3) is 2.44. The Morgan fingerprint density at radius 2 is 1.92 bits per heavy atom. The molecule has 1 heterocycles. The van der Waals surface area contributed by atoms with Crippen molar-refractivity contribution >= 4 is 0 Å². The van der Waals surface area contributed by atoms with Gasteiger partial charge in [0.25, 0.3) is 0 Å². The van der Waals surface area contributed by atoms with Crippen LogP contribution < -0.4 is 5.73 Å². The van der Waals surface area contributed by atoms with Crippen LogP contribution in [0.3, 0.4) is 0 Å². The van der Waals surface area contributed by atoms with Crippen molar-refractivity contribution in [2.75, 3.05) is 6.61 Å². The third-order valence-electron chi connectivity index (χ3n) is 3.51. The van der Waals surface area contributed by atoms with Gasteiger partial charge in [-0.25, -0.2) is 0 Å². The molecule has 2 N–H and O–H groups in total. The van der Waals surface area contributed by atoms with Gasteiger partial charge in [0.1, 0.15) is 0 Å². The van der Waals surface area contributed by atoms with Gasteiger partial charge in [0.2, 0.25) is 0 Å². The molecule has 1 saturated heterocycles. The van der Waals surface area contributed by atoms with Crippen molar-refractivity contribution in [2.24, 2.45) is 5.73 Å². The Balaban J connectivity index is 1.83. The number of nitrogens with two attached hydrogens (primary N) is 1. The van der Waals surface area contributed by atoms with Crippen LogP contribution in [0.1, 0.15) is 51.4 Å². The highest BCUT2D eigenvalue weighted by atomic mass is 16.5. The normalized spacial score (nSPS) is 33.5. The van der Waals surface area contributed by atoms with Crippen LogP contribution in [0.25, 0.3) is 0 Å². The molecule has 0 radical (unpaired) electrons. The van der Waals surface area contributed by atoms with E-state index < -0.39 is 0 Å². The molecule has 2 aliphatic rings. The van der Waals surface area contributed by atoms with Gasteiger partial charge in [-0.3, -0.25) is 0 Å². The summed E-state index contributed by atoms with van der Waals surface area (Å²) in [6.07, 6.45) is 10.5. The number of rotatable bonds is 2. The van der Waals surface area contributed by atoms with Crippen molar-refractivity contribution in [3.63, 3.8) is 0 Å². The standard InChI is InChI=1S/C11H21NO/c12-11(6-2-1-3-7-11)9-10-5-4-8-13-10/h10H,1-9,12H2. The molecule has 13 heavy (non-hydrogen) atoms. The quantitative estimate of drug-likeness (QED) is 0.712. The van der Waals surface area contributed by atoms with Gasteiger partial charge >= 0.3 is 0 Å². The van der Waals surface area contributed by atoms with Crippen LogP contribution >= 0.6 is 0 Å². The minimum absolute atomic E-state index is 0.118. The van der Waals surface area contributed by atoms with E-state index in [1.807, 2.05) is 0 Å². The van der Waals surface area contributed by atoms with Gasteiger partial charge in [0.05, 0.1) is 6.10 Å². The summed E-state index contributed by atoms with van der Waals surface area (Å²) >= 11 is 0. The average molecular weight is 183 g/mol. The van der Waals surface area contributed by atoms with E-state index in [4.69, 9.17) is 10.5 Å². The Morgan fingerprint density at radius 1 is 1.15 bits per heavy atom. The molecule has 0 aromatic heterocycles. The first-order valence-corrected chi connectivity index (χ1v) is 5.69. The zero-order chi connectivity index (χ0) is 9.15. The summed E-state index contributed by atoms with van der Waals surface area (Å²) in [7, 11) is 0. The van der Waals surface area contributed by atoms with Crippen LogP contribution in [0.4, 0.5) is 0 Å². The first-order chi connectivity index (χ1) is 6.29. The van der Waals surface area contributed by atoms with Gasteiger partial charge in [-0.1, -0.05) is 19.3 Å². The number of ether oxygens (including phenoxy) is 1. The summed E-state index contributed by atoms with van der Waals surface area (Å²) in [6.45, 7) is 0.959. The second-order valence-corrected chi connectivity index (χ2v) is 4.76. The van der Waals surface area contributed by atoms with Crippen LogP contribution in [-0.4, -0.2) is 18.2 Å². The highest BCUT2D eigenvalue weighted by Gasteiger charge is 2.31. The Kier molecular flexibility index (Phi) is 2.89. The van der Waals surface area contributed by atoms with E-state index in [0.29, 0.717) is 6.10 Å². The smallest absolute Gasteiger partial charge is 0.0593 e. The molecular formula is C11H21NO. The summed E-state index contributed by atoms with van der Waals surface area (Å²) < 4.78 is 5.64. The van der Waals surface area contributed by atoms with Gasteiger partial charge in [-0.05, 0) is 32.1 Å². The van der Waals surface area contributed by atoms with E-state index in [9.17, 15) is 0 Å². The summed E-state index contributed by atoms with van der Waals surface area (Å²) in [6, 6.07) is 0. The van der Waals surface area contributed by atoms with Gasteiger partial charge in [0, 0.05) is 12.1 Å². The molecule has 1 unspecified atom stereocenters. The van der Waals surface area contributed by atoms with E-state index in [0.717, 1.165) is 13.0 Å². The lowest BCUT2D eigenvalue weighted by Crippen LogP contribution is -2.44. The highest BCUT2D eigenvalue weighted by molar-refractivity contribution is 4.90. The molecule has 76 valence electrons. The maximum atomic E-state index is 6.36. The number of hydrogen-bond donors (Lipinski definition) is 1. The lowest BCUT2D eigenvalue weighted by Gasteiger charge is -2.35. The maximum absolute atomic E-state index is 6.36. The zero-order valence-electron chi connectivity index (χ0n) is 8.43. The molecule has 0 spiro atoms. The van der Waals surface area contributed by atoms with Gasteiger partial charge < -0.3 is 10.5 Å². The van der Waals surface area contributed by atoms with Crippen molar-refractivity contribution in [3.8, 4) is 0 Å². The minimum atomic E-state index is 0.118. The van der Waals surface area contributed by atoms with E-state index in [1.54, 1.807) is 0 Å². The number of hydrogen-bond acceptors (Lipinski definition) is 2. The summed E-state index contributed by atoms with van der Waals surface area (Å²) in [4.78, 5) is 0. The Bertz CT molecular complexity index is 157. The molecule has 2 heteroatoms. The van der Waals surface area contributed by atoms with Gasteiger partial charge in [-0.15, -0.1) is 0 Å². The van der Waals surface area contributed by atoms with Crippen LogP contribution in [0.5, 0.6) is 0 Å². The summed E-state index contributed by atoms with van der Waals surface area (Å²) in [5.74, 6) is 0. The minimum Gasteiger partial charge on any atom is -0.378 e. The van der Waals surface area contributed by atoms with E-state index in [2.05, 4.69) is 0 Å². The molecule has 2 rings (SSSR count). The fraction of sp³-hybridized carbons (Fsp3) is 1.00. The molecule has 0 amide bonds. The predicted octanol–water partition coefficient (Wildman–Crippen LogP) is 2.22. The highest BCUT2D eigenvalue weighted by Crippen LogP contribution is 2.32. The molecule has 0 aromatic rings. The van der Waals surface area contributed by atoms with Gasteiger partial charge in [0.15, 0.2) is 0 Å². The Morgan fingerprint density at radius 3 is 2.54 bits per heavy atom. The van der Waals surface area contributed by atoms with E-state index in [1.165, 1.54) is 44.9 Å². The van der Waals surface area contributed by atoms with Crippen LogP contribution in [-0.2, 0) is 4.74 Å². The zero-order valence-corrected chi connectivity index (χ0v) is 8.43. The molecule has 1 aliphatic heterocycles. The van der Waals surface area contributed by atoms with E-state index in [-0.39, 0.29) is 5.54 Å². The third-order valence-corrected chi connectivity index (χ3v) is 3.51. The fourth-order valence-electron chi connectivity index (χ4n) is 2.72. The topological polar surface area (TPSA) is 35.2 Å². The summed E-state index contributed by atoms with van der Waals surface area (Å²) in [5, 5.41) is 0. The van der Waals surface area contributed by atoms with Crippen LogP contribution in [0.2, 0.25) is 0 Å². The summed E-state index contributed by atoms with van der Waals surface area (Å²) in [5.41, 5.74) is 6.48. The molecule has 1 aliphatic carbocycles.